The van der Waals surface area contributed by atoms with Gasteiger partial charge in [0.05, 0.1) is 0 Å². The first-order valence-corrected chi connectivity index (χ1v) is 13.3. The van der Waals surface area contributed by atoms with Crippen LogP contribution >= 0.6 is 11.8 Å². The van der Waals surface area contributed by atoms with Crippen molar-refractivity contribution < 1.29 is 14.3 Å². The first kappa shape index (κ1) is 27.7. The van der Waals surface area contributed by atoms with Crippen molar-refractivity contribution in [3.8, 4) is 0 Å². The van der Waals surface area contributed by atoms with E-state index in [1.54, 1.807) is 12.3 Å². The molecule has 0 aromatic carbocycles. The molecule has 1 aromatic rings. The minimum Gasteiger partial charge on any atom is -0.459 e. The van der Waals surface area contributed by atoms with E-state index >= 15 is 0 Å². The molecule has 1 aliphatic heterocycles. The molecule has 1 fully saturated rings. The summed E-state index contributed by atoms with van der Waals surface area (Å²) in [6.45, 7) is 10.9. The van der Waals surface area contributed by atoms with E-state index in [1.165, 1.54) is 52.8 Å². The van der Waals surface area contributed by atoms with Gasteiger partial charge >= 0.3 is 11.7 Å². The Morgan fingerprint density at radius 2 is 2.11 bits per heavy atom. The second-order valence-corrected chi connectivity index (χ2v) is 11.1. The highest BCUT2D eigenvalue weighted by Gasteiger charge is 2.29. The molecule has 0 unspecified atom stereocenters. The SMILES string of the molecule is CC1=C(/C=C/C(C)=C/C=C/C(C)=C/C(=O)OC[C@H]2O[C@@H](n3ccc(N)nc3=O)CS2)C(C)(C)CCC1. The standard InChI is InChI=1S/C28H37N3O4S/c1-19(11-12-22-21(3)10-7-14-28(22,4)5)8-6-9-20(2)16-25(32)34-17-26-35-24(18-36-26)31-15-13-23(29)30-27(31)33/h6,8-9,11-13,15-16,24,26H,7,10,14,17-18H2,1-5H3,(H2,29,30,33)/b9-6+,12-11+,19-8+,20-16+/t24-,26+/m1/s1. The first-order valence-electron chi connectivity index (χ1n) is 12.3. The lowest BCUT2D eigenvalue weighted by Gasteiger charge is -2.32. The number of esters is 1. The normalized spacial score (nSPS) is 23.1. The van der Waals surface area contributed by atoms with E-state index in [0.29, 0.717) is 5.75 Å². The second-order valence-electron chi connectivity index (χ2n) is 9.95. The fourth-order valence-electron chi connectivity index (χ4n) is 4.38. The lowest BCUT2D eigenvalue weighted by Crippen LogP contribution is -2.29. The summed E-state index contributed by atoms with van der Waals surface area (Å²) in [4.78, 5) is 27.9. The van der Waals surface area contributed by atoms with Gasteiger partial charge in [-0.15, -0.1) is 11.8 Å². The summed E-state index contributed by atoms with van der Waals surface area (Å²) in [6.07, 6.45) is 16.5. The monoisotopic (exact) mass is 511 g/mol. The summed E-state index contributed by atoms with van der Waals surface area (Å²) in [7, 11) is 0. The zero-order valence-corrected chi connectivity index (χ0v) is 22.6. The smallest absolute Gasteiger partial charge is 0.351 e. The van der Waals surface area contributed by atoms with Gasteiger partial charge in [-0.3, -0.25) is 4.57 Å². The molecule has 0 amide bonds. The van der Waals surface area contributed by atoms with E-state index in [1.807, 2.05) is 25.2 Å². The molecule has 0 radical (unpaired) electrons. The Kier molecular flexibility index (Phi) is 9.56. The molecule has 2 aliphatic rings. The average molecular weight is 512 g/mol. The Hall–Kier alpha value is -2.84. The van der Waals surface area contributed by atoms with Gasteiger partial charge in [0.1, 0.15) is 24.1 Å². The summed E-state index contributed by atoms with van der Waals surface area (Å²) in [5.74, 6) is 0.292. The Balaban J connectivity index is 1.47. The number of carbonyl (C=O) groups excluding carboxylic acids is 1. The van der Waals surface area contributed by atoms with E-state index < -0.39 is 17.9 Å². The van der Waals surface area contributed by atoms with E-state index in [0.717, 1.165) is 11.1 Å². The van der Waals surface area contributed by atoms with Crippen LogP contribution < -0.4 is 11.4 Å². The Bertz CT molecular complexity index is 1170. The van der Waals surface area contributed by atoms with Crippen LogP contribution in [0.4, 0.5) is 5.82 Å². The first-order chi connectivity index (χ1) is 17.0. The van der Waals surface area contributed by atoms with Gasteiger partial charge in [-0.2, -0.15) is 4.98 Å². The van der Waals surface area contributed by atoms with Crippen molar-refractivity contribution in [1.82, 2.24) is 9.55 Å². The lowest BCUT2D eigenvalue weighted by atomic mass is 9.72. The van der Waals surface area contributed by atoms with Gasteiger partial charge in [-0.25, -0.2) is 9.59 Å². The summed E-state index contributed by atoms with van der Waals surface area (Å²) < 4.78 is 12.5. The molecule has 1 aliphatic carbocycles. The molecule has 1 saturated heterocycles. The second kappa shape index (κ2) is 12.4. The van der Waals surface area contributed by atoms with Crippen LogP contribution in [0.3, 0.4) is 0 Å². The van der Waals surface area contributed by atoms with Crippen LogP contribution in [0.1, 0.15) is 60.1 Å². The van der Waals surface area contributed by atoms with Crippen LogP contribution in [0.5, 0.6) is 0 Å². The molecule has 8 heteroatoms. The Labute approximate surface area is 217 Å². The Morgan fingerprint density at radius 1 is 1.33 bits per heavy atom. The van der Waals surface area contributed by atoms with E-state index in [2.05, 4.69) is 44.8 Å². The largest absolute Gasteiger partial charge is 0.459 e. The summed E-state index contributed by atoms with van der Waals surface area (Å²) in [5, 5.41) is 0. The number of nitrogens with zero attached hydrogens (tertiary/aromatic N) is 2. The van der Waals surface area contributed by atoms with Gasteiger partial charge in [0.2, 0.25) is 0 Å². The van der Waals surface area contributed by atoms with Gasteiger partial charge in [-0.1, -0.05) is 55.4 Å². The number of ether oxygens (including phenoxy) is 2. The molecule has 2 atom stereocenters. The number of anilines is 1. The minimum absolute atomic E-state index is 0.0973. The van der Waals surface area contributed by atoms with E-state index in [9.17, 15) is 9.59 Å². The fourth-order valence-corrected chi connectivity index (χ4v) is 5.37. The molecule has 0 saturated carbocycles. The van der Waals surface area contributed by atoms with Crippen molar-refractivity contribution in [2.45, 2.75) is 65.5 Å². The van der Waals surface area contributed by atoms with Crippen molar-refractivity contribution in [2.24, 2.45) is 5.41 Å². The number of nitrogens with two attached hydrogens (primary N) is 1. The maximum absolute atomic E-state index is 12.2. The third-order valence-electron chi connectivity index (χ3n) is 6.38. The molecule has 3 rings (SSSR count). The van der Waals surface area contributed by atoms with Crippen LogP contribution in [0, 0.1) is 5.41 Å². The van der Waals surface area contributed by atoms with Crippen LogP contribution in [-0.2, 0) is 14.3 Å². The molecular formula is C28H37N3O4S. The van der Waals surface area contributed by atoms with Crippen LogP contribution in [-0.4, -0.2) is 33.3 Å². The van der Waals surface area contributed by atoms with Gasteiger partial charge in [-0.05, 0) is 62.7 Å². The zero-order chi connectivity index (χ0) is 26.3. The molecule has 2 N–H and O–H groups in total. The number of allylic oxidation sites excluding steroid dienone is 9. The van der Waals surface area contributed by atoms with Crippen molar-refractivity contribution in [3.05, 3.63) is 81.5 Å². The molecule has 2 heterocycles. The van der Waals surface area contributed by atoms with Crippen LogP contribution in [0.2, 0.25) is 0 Å². The molecule has 0 spiro atoms. The zero-order valence-electron chi connectivity index (χ0n) is 21.8. The average Bonchev–Trinajstić information content (AvgIpc) is 3.25. The molecule has 7 nitrogen and oxygen atoms in total. The highest BCUT2D eigenvalue weighted by Crippen LogP contribution is 2.40. The van der Waals surface area contributed by atoms with Gasteiger partial charge in [0, 0.05) is 18.0 Å². The summed E-state index contributed by atoms with van der Waals surface area (Å²) in [5.41, 5.74) is 9.80. The quantitative estimate of drug-likeness (QED) is 0.280. The summed E-state index contributed by atoms with van der Waals surface area (Å²) >= 11 is 1.48. The molecular weight excluding hydrogens is 474 g/mol. The number of rotatable bonds is 8. The van der Waals surface area contributed by atoms with Crippen molar-refractivity contribution in [3.63, 3.8) is 0 Å². The predicted octanol–water partition coefficient (Wildman–Crippen LogP) is 5.49. The van der Waals surface area contributed by atoms with Crippen molar-refractivity contribution in [2.75, 3.05) is 18.1 Å². The van der Waals surface area contributed by atoms with Crippen LogP contribution in [0.15, 0.2) is 75.8 Å². The van der Waals surface area contributed by atoms with Crippen molar-refractivity contribution >= 4 is 23.5 Å². The topological polar surface area (TPSA) is 96.4 Å². The summed E-state index contributed by atoms with van der Waals surface area (Å²) in [6, 6.07) is 1.55. The number of hydrogen-bond donors (Lipinski definition) is 1. The molecule has 1 aromatic heterocycles. The minimum atomic E-state index is -0.465. The predicted molar refractivity (Wildman–Crippen MR) is 146 cm³/mol. The number of carbonyl (C=O) groups is 1. The number of nitrogen functional groups attached to an aromatic ring is 1. The third kappa shape index (κ3) is 7.83. The number of thioether (sulfide) groups is 1. The van der Waals surface area contributed by atoms with Gasteiger partial charge in [0.25, 0.3) is 0 Å². The maximum Gasteiger partial charge on any atom is 0.351 e. The molecule has 0 bridgehead atoms. The van der Waals surface area contributed by atoms with Crippen molar-refractivity contribution in [1.29, 1.82) is 0 Å². The molecule has 194 valence electrons. The van der Waals surface area contributed by atoms with Gasteiger partial charge < -0.3 is 15.2 Å². The van der Waals surface area contributed by atoms with Gasteiger partial charge in [0.15, 0.2) is 0 Å². The molecule has 36 heavy (non-hydrogen) atoms. The number of hydrogen-bond acceptors (Lipinski definition) is 7. The van der Waals surface area contributed by atoms with E-state index in [-0.39, 0.29) is 23.3 Å². The van der Waals surface area contributed by atoms with Crippen LogP contribution in [0.25, 0.3) is 0 Å². The number of aromatic nitrogens is 2. The Morgan fingerprint density at radius 3 is 2.83 bits per heavy atom. The lowest BCUT2D eigenvalue weighted by molar-refractivity contribution is -0.141. The highest BCUT2D eigenvalue weighted by molar-refractivity contribution is 8.00. The van der Waals surface area contributed by atoms with E-state index in [4.69, 9.17) is 15.2 Å². The fraction of sp³-hybridized carbons (Fsp3) is 0.464. The third-order valence-corrected chi connectivity index (χ3v) is 7.47. The highest BCUT2D eigenvalue weighted by atomic mass is 32.2. The maximum atomic E-state index is 12.2.